The van der Waals surface area contributed by atoms with Gasteiger partial charge in [-0.1, -0.05) is 12.1 Å². The Labute approximate surface area is 195 Å². The smallest absolute Gasteiger partial charge is 0.336 e. The highest BCUT2D eigenvalue weighted by atomic mass is 16.5. The van der Waals surface area contributed by atoms with Crippen molar-refractivity contribution in [3.05, 3.63) is 57.2 Å². The number of nitrogens with zero attached hydrogens (tertiary/aromatic N) is 2. The van der Waals surface area contributed by atoms with Gasteiger partial charge in [-0.3, -0.25) is 14.2 Å². The molecular weight excluding hydrogens is 442 g/mol. The molecule has 1 aliphatic heterocycles. The van der Waals surface area contributed by atoms with Crippen molar-refractivity contribution in [2.75, 3.05) is 34.5 Å². The number of fused-ring (bicyclic) bond motifs is 1. The third-order valence-electron chi connectivity index (χ3n) is 5.81. The number of carbonyl (C=O) groups excluding carboxylic acids is 1. The second kappa shape index (κ2) is 10.0. The zero-order chi connectivity index (χ0) is 24.2. The molecule has 1 unspecified atom stereocenters. The van der Waals surface area contributed by atoms with Crippen LogP contribution in [-0.2, 0) is 16.1 Å². The Hall–Kier alpha value is -3.79. The number of aromatic nitrogens is 2. The van der Waals surface area contributed by atoms with Crippen LogP contribution in [-0.4, -0.2) is 55.6 Å². The molecule has 1 aromatic heterocycles. The lowest BCUT2D eigenvalue weighted by molar-refractivity contribution is -0.122. The monoisotopic (exact) mass is 469 g/mol. The summed E-state index contributed by atoms with van der Waals surface area (Å²) in [5.41, 5.74) is -0.589. The standard InChI is InChI=1S/C24H27N3O7/c1-31-19-11-15(12-20(32-2)22(19)33-3)27-23(29)17-8-4-5-9-18(17)26(24(27)30)14-21(28)25-13-16-7-6-10-34-16/h4-5,8-9,11-12,16H,6-7,10,13-14H2,1-3H3,(H,25,28). The van der Waals surface area contributed by atoms with E-state index in [0.717, 1.165) is 17.4 Å². The summed E-state index contributed by atoms with van der Waals surface area (Å²) in [6, 6.07) is 9.71. The van der Waals surface area contributed by atoms with Gasteiger partial charge in [0.1, 0.15) is 6.54 Å². The normalized spacial score (nSPS) is 15.3. The van der Waals surface area contributed by atoms with Gasteiger partial charge < -0.3 is 24.3 Å². The minimum atomic E-state index is -0.662. The van der Waals surface area contributed by atoms with Crippen molar-refractivity contribution in [2.45, 2.75) is 25.5 Å². The van der Waals surface area contributed by atoms with Crippen LogP contribution in [0.2, 0.25) is 0 Å². The van der Waals surface area contributed by atoms with Crippen molar-refractivity contribution in [1.82, 2.24) is 14.5 Å². The maximum Gasteiger partial charge on any atom is 0.336 e. The molecule has 4 rings (SSSR count). The molecule has 1 atom stereocenters. The topological polar surface area (TPSA) is 110 Å². The predicted molar refractivity (Wildman–Crippen MR) is 125 cm³/mol. The van der Waals surface area contributed by atoms with Crippen LogP contribution in [0.5, 0.6) is 17.2 Å². The van der Waals surface area contributed by atoms with Crippen LogP contribution < -0.4 is 30.8 Å². The number of carbonyl (C=O) groups is 1. The maximum atomic E-state index is 13.6. The molecule has 180 valence electrons. The summed E-state index contributed by atoms with van der Waals surface area (Å²) in [5.74, 6) is 0.559. The largest absolute Gasteiger partial charge is 0.493 e. The molecule has 0 saturated carbocycles. The molecule has 1 amide bonds. The molecule has 2 aromatic carbocycles. The number of methoxy groups -OCH3 is 3. The molecule has 1 N–H and O–H groups in total. The molecule has 1 aliphatic rings. The number of hydrogen-bond donors (Lipinski definition) is 1. The fourth-order valence-electron chi connectivity index (χ4n) is 4.13. The average Bonchev–Trinajstić information content (AvgIpc) is 3.38. The van der Waals surface area contributed by atoms with Crippen LogP contribution in [0.1, 0.15) is 12.8 Å². The lowest BCUT2D eigenvalue weighted by Gasteiger charge is -2.17. The summed E-state index contributed by atoms with van der Waals surface area (Å²) < 4.78 is 23.9. The number of nitrogens with one attached hydrogen (secondary N) is 1. The van der Waals surface area contributed by atoms with Crippen molar-refractivity contribution >= 4 is 16.8 Å². The molecular formula is C24H27N3O7. The van der Waals surface area contributed by atoms with E-state index >= 15 is 0 Å². The van der Waals surface area contributed by atoms with Gasteiger partial charge in [-0.05, 0) is 25.0 Å². The van der Waals surface area contributed by atoms with Crippen molar-refractivity contribution in [3.63, 3.8) is 0 Å². The number of rotatable bonds is 8. The van der Waals surface area contributed by atoms with Crippen LogP contribution in [0.25, 0.3) is 16.6 Å². The van der Waals surface area contributed by atoms with Crippen LogP contribution in [0, 0.1) is 0 Å². The second-order valence-electron chi connectivity index (χ2n) is 7.85. The zero-order valence-electron chi connectivity index (χ0n) is 19.3. The summed E-state index contributed by atoms with van der Waals surface area (Å²) in [5, 5.41) is 3.12. The Kier molecular flexibility index (Phi) is 6.87. The average molecular weight is 469 g/mol. The Morgan fingerprint density at radius 2 is 1.79 bits per heavy atom. The van der Waals surface area contributed by atoms with E-state index in [4.69, 9.17) is 18.9 Å². The van der Waals surface area contributed by atoms with E-state index in [9.17, 15) is 14.4 Å². The number of ether oxygens (including phenoxy) is 4. The minimum Gasteiger partial charge on any atom is -0.493 e. The minimum absolute atomic E-state index is 0.0226. The van der Waals surface area contributed by atoms with Crippen LogP contribution in [0.3, 0.4) is 0 Å². The van der Waals surface area contributed by atoms with E-state index in [1.165, 1.54) is 38.0 Å². The van der Waals surface area contributed by atoms with E-state index in [-0.39, 0.29) is 35.7 Å². The highest BCUT2D eigenvalue weighted by Gasteiger charge is 2.21. The van der Waals surface area contributed by atoms with Gasteiger partial charge in [-0.25, -0.2) is 9.36 Å². The van der Waals surface area contributed by atoms with Gasteiger partial charge >= 0.3 is 5.69 Å². The first-order valence-electron chi connectivity index (χ1n) is 10.9. The molecule has 1 fully saturated rings. The first-order valence-corrected chi connectivity index (χ1v) is 10.9. The van der Waals surface area contributed by atoms with Gasteiger partial charge in [-0.2, -0.15) is 0 Å². The van der Waals surface area contributed by atoms with E-state index < -0.39 is 11.2 Å². The SMILES string of the molecule is COc1cc(-n2c(=O)c3ccccc3n(CC(=O)NCC3CCCO3)c2=O)cc(OC)c1OC. The van der Waals surface area contributed by atoms with Gasteiger partial charge in [0.05, 0.1) is 44.0 Å². The van der Waals surface area contributed by atoms with Gasteiger partial charge in [0.15, 0.2) is 11.5 Å². The molecule has 10 nitrogen and oxygen atoms in total. The highest BCUT2D eigenvalue weighted by molar-refractivity contribution is 5.82. The van der Waals surface area contributed by atoms with E-state index in [2.05, 4.69) is 5.32 Å². The zero-order valence-corrected chi connectivity index (χ0v) is 19.3. The predicted octanol–water partition coefficient (Wildman–Crippen LogP) is 1.47. The second-order valence-corrected chi connectivity index (χ2v) is 7.85. The molecule has 2 heterocycles. The van der Waals surface area contributed by atoms with Crippen molar-refractivity contribution in [3.8, 4) is 22.9 Å². The molecule has 3 aromatic rings. The molecule has 1 saturated heterocycles. The third kappa shape index (κ3) is 4.36. The van der Waals surface area contributed by atoms with Gasteiger partial charge in [-0.15, -0.1) is 0 Å². The number of para-hydroxylation sites is 1. The first-order chi connectivity index (χ1) is 16.5. The fraction of sp³-hybridized carbons (Fsp3) is 0.375. The van der Waals surface area contributed by atoms with E-state index in [1.807, 2.05) is 0 Å². The lowest BCUT2D eigenvalue weighted by Crippen LogP contribution is -2.42. The Balaban J connectivity index is 1.82. The van der Waals surface area contributed by atoms with Crippen LogP contribution in [0.15, 0.2) is 46.0 Å². The van der Waals surface area contributed by atoms with Crippen LogP contribution in [0.4, 0.5) is 0 Å². The quantitative estimate of drug-likeness (QED) is 0.532. The molecule has 0 spiro atoms. The summed E-state index contributed by atoms with van der Waals surface area (Å²) >= 11 is 0. The summed E-state index contributed by atoms with van der Waals surface area (Å²) in [6.45, 7) is 0.805. The maximum absolute atomic E-state index is 13.6. The molecule has 0 aliphatic carbocycles. The first kappa shape index (κ1) is 23.4. The Bertz CT molecular complexity index is 1300. The molecule has 34 heavy (non-hydrogen) atoms. The van der Waals surface area contributed by atoms with Crippen molar-refractivity contribution < 1.29 is 23.7 Å². The van der Waals surface area contributed by atoms with Gasteiger partial charge in [0, 0.05) is 25.3 Å². The fourth-order valence-corrected chi connectivity index (χ4v) is 4.13. The van der Waals surface area contributed by atoms with E-state index in [0.29, 0.717) is 29.8 Å². The Morgan fingerprint density at radius 1 is 1.09 bits per heavy atom. The molecule has 10 heteroatoms. The summed E-state index contributed by atoms with van der Waals surface area (Å²) in [4.78, 5) is 39.6. The summed E-state index contributed by atoms with van der Waals surface area (Å²) in [6.07, 6.45) is 1.82. The molecule has 0 radical (unpaired) electrons. The van der Waals surface area contributed by atoms with Crippen molar-refractivity contribution in [2.24, 2.45) is 0 Å². The highest BCUT2D eigenvalue weighted by Crippen LogP contribution is 2.38. The van der Waals surface area contributed by atoms with Crippen LogP contribution >= 0.6 is 0 Å². The van der Waals surface area contributed by atoms with Gasteiger partial charge in [0.25, 0.3) is 5.56 Å². The summed E-state index contributed by atoms with van der Waals surface area (Å²) in [7, 11) is 4.35. The van der Waals surface area contributed by atoms with Crippen molar-refractivity contribution in [1.29, 1.82) is 0 Å². The lowest BCUT2D eigenvalue weighted by atomic mass is 10.2. The van der Waals surface area contributed by atoms with E-state index in [1.54, 1.807) is 24.3 Å². The van der Waals surface area contributed by atoms with Gasteiger partial charge in [0.2, 0.25) is 11.7 Å². The molecule has 0 bridgehead atoms. The number of benzene rings is 2. The third-order valence-corrected chi connectivity index (χ3v) is 5.81. The number of amides is 1. The number of hydrogen-bond acceptors (Lipinski definition) is 7. The Morgan fingerprint density at radius 3 is 2.41 bits per heavy atom.